The van der Waals surface area contributed by atoms with Crippen LogP contribution < -0.4 is 4.72 Å². The predicted molar refractivity (Wildman–Crippen MR) is 106 cm³/mol. The van der Waals surface area contributed by atoms with Gasteiger partial charge in [0.25, 0.3) is 0 Å². The minimum Gasteiger partial charge on any atom is -0.371 e. The van der Waals surface area contributed by atoms with E-state index in [2.05, 4.69) is 21.6 Å². The Morgan fingerprint density at radius 3 is 2.85 bits per heavy atom. The lowest BCUT2D eigenvalue weighted by Crippen LogP contribution is -2.64. The molecule has 2 heterocycles. The summed E-state index contributed by atoms with van der Waals surface area (Å²) in [5.41, 5.74) is 1.98. The maximum Gasteiger partial charge on any atom is 0.212 e. The van der Waals surface area contributed by atoms with Crippen molar-refractivity contribution in [2.24, 2.45) is 13.0 Å². The van der Waals surface area contributed by atoms with E-state index in [0.717, 1.165) is 45.3 Å². The Morgan fingerprint density at radius 1 is 1.41 bits per heavy atom. The number of rotatable bonds is 6. The second-order valence-electron chi connectivity index (χ2n) is 8.59. The van der Waals surface area contributed by atoms with Gasteiger partial charge in [0.15, 0.2) is 0 Å². The standard InChI is InChI=1S/C19H34N4O3S/c1-15(2)13-27(24,25)21-18-7-5-6-8-19(18)14-23(9-10-26-19)12-17-11-20-22(4)16(17)3/h11,15,18,21H,5-10,12-14H2,1-4H3/t18-,19+/m1/s1. The summed E-state index contributed by atoms with van der Waals surface area (Å²) in [5, 5.41) is 4.34. The highest BCUT2D eigenvalue weighted by Crippen LogP contribution is 2.36. The zero-order valence-corrected chi connectivity index (χ0v) is 17.9. The summed E-state index contributed by atoms with van der Waals surface area (Å²) in [5.74, 6) is 0.275. The van der Waals surface area contributed by atoms with E-state index < -0.39 is 15.6 Å². The lowest BCUT2D eigenvalue weighted by Gasteiger charge is -2.49. The third-order valence-corrected chi connectivity index (χ3v) is 7.62. The summed E-state index contributed by atoms with van der Waals surface area (Å²) < 4.78 is 36.3. The number of nitrogens with one attached hydrogen (secondary N) is 1. The Labute approximate surface area is 163 Å². The molecule has 0 radical (unpaired) electrons. The van der Waals surface area contributed by atoms with Crippen LogP contribution in [-0.4, -0.2) is 60.2 Å². The fourth-order valence-corrected chi connectivity index (χ4v) is 6.14. The van der Waals surface area contributed by atoms with Gasteiger partial charge in [0.1, 0.15) is 0 Å². The van der Waals surface area contributed by atoms with Crippen LogP contribution in [0.1, 0.15) is 50.8 Å². The molecule has 1 N–H and O–H groups in total. The Kier molecular flexibility index (Phi) is 6.30. The molecule has 1 saturated carbocycles. The van der Waals surface area contributed by atoms with Crippen LogP contribution >= 0.6 is 0 Å². The van der Waals surface area contributed by atoms with E-state index in [4.69, 9.17) is 4.74 Å². The van der Waals surface area contributed by atoms with Gasteiger partial charge in [0.05, 0.1) is 30.2 Å². The molecule has 1 aromatic heterocycles. The van der Waals surface area contributed by atoms with Crippen LogP contribution in [0.5, 0.6) is 0 Å². The Bertz CT molecular complexity index is 742. The van der Waals surface area contributed by atoms with E-state index in [1.807, 2.05) is 31.8 Å². The molecule has 1 spiro atoms. The first-order valence-corrected chi connectivity index (χ1v) is 11.7. The van der Waals surface area contributed by atoms with Gasteiger partial charge in [-0.05, 0) is 25.7 Å². The van der Waals surface area contributed by atoms with E-state index >= 15 is 0 Å². The molecule has 7 nitrogen and oxygen atoms in total. The number of nitrogens with zero attached hydrogens (tertiary/aromatic N) is 3. The van der Waals surface area contributed by atoms with Gasteiger partial charge in [-0.3, -0.25) is 9.58 Å². The first kappa shape index (κ1) is 20.8. The Hall–Kier alpha value is -0.960. The lowest BCUT2D eigenvalue weighted by molar-refractivity contribution is -0.141. The third-order valence-electron chi connectivity index (χ3n) is 5.87. The van der Waals surface area contributed by atoms with Crippen molar-refractivity contribution in [2.75, 3.05) is 25.4 Å². The maximum atomic E-state index is 12.6. The second kappa shape index (κ2) is 8.19. The average molecular weight is 399 g/mol. The summed E-state index contributed by atoms with van der Waals surface area (Å²) in [4.78, 5) is 2.39. The first-order chi connectivity index (χ1) is 12.7. The Balaban J connectivity index is 1.74. The number of ether oxygens (including phenoxy) is 1. The number of hydrogen-bond acceptors (Lipinski definition) is 5. The molecule has 0 aromatic carbocycles. The minimum atomic E-state index is -3.30. The number of aryl methyl sites for hydroxylation is 1. The minimum absolute atomic E-state index is 0.111. The average Bonchev–Trinajstić information content (AvgIpc) is 2.88. The van der Waals surface area contributed by atoms with Crippen molar-refractivity contribution < 1.29 is 13.2 Å². The molecule has 8 heteroatoms. The van der Waals surface area contributed by atoms with Crippen LogP contribution in [0.4, 0.5) is 0 Å². The van der Waals surface area contributed by atoms with E-state index in [1.54, 1.807) is 0 Å². The molecule has 154 valence electrons. The van der Waals surface area contributed by atoms with Gasteiger partial charge in [-0.1, -0.05) is 26.7 Å². The van der Waals surface area contributed by atoms with Crippen molar-refractivity contribution in [2.45, 2.75) is 64.6 Å². The van der Waals surface area contributed by atoms with E-state index in [0.29, 0.717) is 6.61 Å². The van der Waals surface area contributed by atoms with Gasteiger partial charge >= 0.3 is 0 Å². The van der Waals surface area contributed by atoms with Crippen LogP contribution in [0.3, 0.4) is 0 Å². The molecule has 2 atom stereocenters. The monoisotopic (exact) mass is 398 g/mol. The molecular weight excluding hydrogens is 364 g/mol. The maximum absolute atomic E-state index is 12.6. The molecule has 1 aliphatic carbocycles. The van der Waals surface area contributed by atoms with Crippen molar-refractivity contribution in [1.29, 1.82) is 0 Å². The van der Waals surface area contributed by atoms with Gasteiger partial charge < -0.3 is 4.74 Å². The van der Waals surface area contributed by atoms with Crippen molar-refractivity contribution in [1.82, 2.24) is 19.4 Å². The highest BCUT2D eigenvalue weighted by Gasteiger charge is 2.46. The number of hydrogen-bond donors (Lipinski definition) is 1. The second-order valence-corrected chi connectivity index (χ2v) is 10.4. The van der Waals surface area contributed by atoms with Crippen molar-refractivity contribution in [3.63, 3.8) is 0 Å². The van der Waals surface area contributed by atoms with Crippen molar-refractivity contribution in [3.05, 3.63) is 17.5 Å². The smallest absolute Gasteiger partial charge is 0.212 e. The summed E-state index contributed by atoms with van der Waals surface area (Å²) in [6, 6.07) is -0.146. The quantitative estimate of drug-likeness (QED) is 0.791. The number of aromatic nitrogens is 2. The molecular formula is C19H34N4O3S. The SMILES string of the molecule is Cc1c(CN2CCO[C@@]3(CCCC[C@H]3NS(=O)(=O)CC(C)C)C2)cnn1C. The van der Waals surface area contributed by atoms with Crippen LogP contribution in [0.2, 0.25) is 0 Å². The normalized spacial score (nSPS) is 27.5. The molecule has 0 unspecified atom stereocenters. The molecule has 3 rings (SSSR count). The molecule has 1 aromatic rings. The van der Waals surface area contributed by atoms with Gasteiger partial charge in [0, 0.05) is 37.9 Å². The zero-order chi connectivity index (χ0) is 19.7. The van der Waals surface area contributed by atoms with Crippen LogP contribution in [0, 0.1) is 12.8 Å². The lowest BCUT2D eigenvalue weighted by atomic mass is 9.79. The largest absolute Gasteiger partial charge is 0.371 e. The zero-order valence-electron chi connectivity index (χ0n) is 17.1. The highest BCUT2D eigenvalue weighted by atomic mass is 32.2. The molecule has 2 fully saturated rings. The van der Waals surface area contributed by atoms with Crippen LogP contribution in [0.15, 0.2) is 6.20 Å². The summed E-state index contributed by atoms with van der Waals surface area (Å²) in [6.45, 7) is 9.05. The predicted octanol–water partition coefficient (Wildman–Crippen LogP) is 1.82. The number of sulfonamides is 1. The molecule has 27 heavy (non-hydrogen) atoms. The molecule has 1 aliphatic heterocycles. The Morgan fingerprint density at radius 2 is 2.19 bits per heavy atom. The molecule has 2 aliphatic rings. The van der Waals surface area contributed by atoms with E-state index in [1.165, 1.54) is 11.3 Å². The molecule has 0 bridgehead atoms. The van der Waals surface area contributed by atoms with Crippen LogP contribution in [-0.2, 0) is 28.4 Å². The summed E-state index contributed by atoms with van der Waals surface area (Å²) in [7, 11) is -1.34. The summed E-state index contributed by atoms with van der Waals surface area (Å²) >= 11 is 0. The number of morpholine rings is 1. The topological polar surface area (TPSA) is 76.5 Å². The molecule has 0 amide bonds. The highest BCUT2D eigenvalue weighted by molar-refractivity contribution is 7.89. The van der Waals surface area contributed by atoms with Gasteiger partial charge in [-0.15, -0.1) is 0 Å². The first-order valence-electron chi connectivity index (χ1n) is 10.0. The van der Waals surface area contributed by atoms with Gasteiger partial charge in [-0.2, -0.15) is 5.10 Å². The fraction of sp³-hybridized carbons (Fsp3) is 0.842. The van der Waals surface area contributed by atoms with Gasteiger partial charge in [-0.25, -0.2) is 13.1 Å². The van der Waals surface area contributed by atoms with Crippen molar-refractivity contribution >= 4 is 10.0 Å². The van der Waals surface area contributed by atoms with E-state index in [9.17, 15) is 8.42 Å². The third kappa shape index (κ3) is 4.91. The fourth-order valence-electron chi connectivity index (χ4n) is 4.40. The summed E-state index contributed by atoms with van der Waals surface area (Å²) in [6.07, 6.45) is 5.81. The van der Waals surface area contributed by atoms with Crippen molar-refractivity contribution in [3.8, 4) is 0 Å². The van der Waals surface area contributed by atoms with Gasteiger partial charge in [0.2, 0.25) is 10.0 Å². The molecule has 1 saturated heterocycles. The van der Waals surface area contributed by atoms with Crippen LogP contribution in [0.25, 0.3) is 0 Å². The van der Waals surface area contributed by atoms with E-state index in [-0.39, 0.29) is 17.7 Å².